The molecule has 2 aliphatic heterocycles. The van der Waals surface area contributed by atoms with Crippen molar-refractivity contribution in [3.8, 4) is 11.3 Å². The first-order valence-electron chi connectivity index (χ1n) is 10.2. The van der Waals surface area contributed by atoms with Crippen LogP contribution in [0.5, 0.6) is 0 Å². The predicted molar refractivity (Wildman–Crippen MR) is 108 cm³/mol. The van der Waals surface area contributed by atoms with Crippen molar-refractivity contribution in [2.75, 3.05) is 13.2 Å². The molecule has 2 aromatic rings. The number of aromatic nitrogens is 1. The number of nitrogens with zero attached hydrogens (tertiary/aromatic N) is 2. The summed E-state index contributed by atoms with van der Waals surface area (Å²) in [6.07, 6.45) is 3.86. The smallest absolute Gasteiger partial charge is 0.251 e. The third-order valence-corrected chi connectivity index (χ3v) is 5.57. The van der Waals surface area contributed by atoms with Crippen molar-refractivity contribution >= 4 is 17.6 Å². The fraction of sp³-hybridized carbons (Fsp3) is 0.455. The van der Waals surface area contributed by atoms with Crippen molar-refractivity contribution in [1.29, 1.82) is 0 Å². The molecular formula is C22H25N3O5. The number of ketones is 1. The van der Waals surface area contributed by atoms with Gasteiger partial charge in [0.2, 0.25) is 5.91 Å². The molecule has 3 heterocycles. The molecule has 2 saturated heterocycles. The second kappa shape index (κ2) is 8.39. The minimum atomic E-state index is -0.696. The van der Waals surface area contributed by atoms with Gasteiger partial charge in [-0.05, 0) is 30.9 Å². The summed E-state index contributed by atoms with van der Waals surface area (Å²) < 4.78 is 10.7. The standard InChI is InChI=1S/C22H25N3O5/c1-13(2)9-16(22(28)25-8-7-18-20(25)17(26)11-29-18)24-21(27)15-5-3-14(4-6-15)19-10-23-12-30-19/h3-6,10,12-13,16,18,20H,7-9,11H2,1-2H3,(H,24,27)/t16-,18+,20+/m0/s1. The lowest BCUT2D eigenvalue weighted by Gasteiger charge is -2.28. The zero-order valence-electron chi connectivity index (χ0n) is 17.0. The highest BCUT2D eigenvalue weighted by atomic mass is 16.5. The van der Waals surface area contributed by atoms with Gasteiger partial charge in [0.25, 0.3) is 5.91 Å². The van der Waals surface area contributed by atoms with Crippen LogP contribution in [0.2, 0.25) is 0 Å². The van der Waals surface area contributed by atoms with Crippen molar-refractivity contribution in [3.05, 3.63) is 42.4 Å². The summed E-state index contributed by atoms with van der Waals surface area (Å²) in [4.78, 5) is 43.7. The number of hydrogen-bond acceptors (Lipinski definition) is 6. The summed E-state index contributed by atoms with van der Waals surface area (Å²) in [6, 6.07) is 5.70. The Labute approximate surface area is 174 Å². The van der Waals surface area contributed by atoms with Crippen LogP contribution >= 0.6 is 0 Å². The number of carbonyl (C=O) groups is 3. The van der Waals surface area contributed by atoms with Crippen molar-refractivity contribution < 1.29 is 23.5 Å². The van der Waals surface area contributed by atoms with E-state index in [1.54, 1.807) is 35.4 Å². The van der Waals surface area contributed by atoms with Crippen molar-refractivity contribution in [2.45, 2.75) is 44.9 Å². The maximum absolute atomic E-state index is 13.2. The normalized spacial score (nSPS) is 21.7. The van der Waals surface area contributed by atoms with Gasteiger partial charge in [-0.1, -0.05) is 26.0 Å². The Bertz CT molecular complexity index is 923. The van der Waals surface area contributed by atoms with Crippen LogP contribution in [0.1, 0.15) is 37.0 Å². The minimum Gasteiger partial charge on any atom is -0.444 e. The molecule has 1 aromatic carbocycles. The SMILES string of the molecule is CC(C)C[C@H](NC(=O)c1ccc(-c2cnco2)cc1)C(=O)N1CC[C@H]2OCC(=O)[C@H]21. The third-order valence-electron chi connectivity index (χ3n) is 5.57. The number of likely N-dealkylation sites (tertiary alicyclic amines) is 1. The molecule has 0 saturated carbocycles. The molecule has 4 rings (SSSR count). The van der Waals surface area contributed by atoms with Gasteiger partial charge in [-0.2, -0.15) is 0 Å². The van der Waals surface area contributed by atoms with Crippen LogP contribution < -0.4 is 5.32 Å². The molecule has 0 aliphatic carbocycles. The average Bonchev–Trinajstić information content (AvgIpc) is 3.46. The number of benzene rings is 1. The van der Waals surface area contributed by atoms with E-state index in [0.717, 1.165) is 5.56 Å². The summed E-state index contributed by atoms with van der Waals surface area (Å²) in [5, 5.41) is 2.87. The summed E-state index contributed by atoms with van der Waals surface area (Å²) in [5.41, 5.74) is 1.25. The van der Waals surface area contributed by atoms with Crippen LogP contribution in [0.3, 0.4) is 0 Å². The molecule has 158 valence electrons. The average molecular weight is 411 g/mol. The summed E-state index contributed by atoms with van der Waals surface area (Å²) in [5.74, 6) is 0.192. The van der Waals surface area contributed by atoms with Gasteiger partial charge in [0.15, 0.2) is 17.9 Å². The summed E-state index contributed by atoms with van der Waals surface area (Å²) >= 11 is 0. The fourth-order valence-corrected chi connectivity index (χ4v) is 4.12. The van der Waals surface area contributed by atoms with Crippen molar-refractivity contribution in [2.24, 2.45) is 5.92 Å². The second-order valence-electron chi connectivity index (χ2n) is 8.18. The lowest BCUT2D eigenvalue weighted by molar-refractivity contribution is -0.138. The van der Waals surface area contributed by atoms with Gasteiger partial charge in [-0.25, -0.2) is 4.98 Å². The largest absolute Gasteiger partial charge is 0.444 e. The van der Waals surface area contributed by atoms with Gasteiger partial charge in [0.05, 0.1) is 12.3 Å². The highest BCUT2D eigenvalue weighted by Gasteiger charge is 2.48. The molecule has 3 atom stereocenters. The first-order valence-corrected chi connectivity index (χ1v) is 10.2. The third kappa shape index (κ3) is 4.00. The Hall–Kier alpha value is -3.00. The molecule has 8 heteroatoms. The molecule has 0 radical (unpaired) electrons. The highest BCUT2D eigenvalue weighted by molar-refractivity contribution is 5.99. The number of ether oxygens (including phenoxy) is 1. The van der Waals surface area contributed by atoms with Gasteiger partial charge in [-0.15, -0.1) is 0 Å². The van der Waals surface area contributed by atoms with Gasteiger partial charge < -0.3 is 19.4 Å². The minimum absolute atomic E-state index is 0.0534. The Morgan fingerprint density at radius 3 is 2.70 bits per heavy atom. The number of hydrogen-bond donors (Lipinski definition) is 1. The molecule has 8 nitrogen and oxygen atoms in total. The molecule has 0 spiro atoms. The van der Waals surface area contributed by atoms with Crippen LogP contribution in [-0.4, -0.2) is 58.8 Å². The molecule has 2 aliphatic rings. The maximum atomic E-state index is 13.2. The van der Waals surface area contributed by atoms with E-state index in [2.05, 4.69) is 10.3 Å². The molecule has 1 N–H and O–H groups in total. The van der Waals surface area contributed by atoms with E-state index in [-0.39, 0.29) is 36.2 Å². The zero-order chi connectivity index (χ0) is 21.3. The monoisotopic (exact) mass is 411 g/mol. The number of carbonyl (C=O) groups excluding carboxylic acids is 3. The first-order chi connectivity index (χ1) is 14.4. The van der Waals surface area contributed by atoms with Crippen LogP contribution in [0, 0.1) is 5.92 Å². The predicted octanol–water partition coefficient (Wildman–Crippen LogP) is 2.05. The molecule has 0 bridgehead atoms. The summed E-state index contributed by atoms with van der Waals surface area (Å²) in [6.45, 7) is 4.51. The number of nitrogens with one attached hydrogen (secondary N) is 1. The zero-order valence-corrected chi connectivity index (χ0v) is 17.0. The quantitative estimate of drug-likeness (QED) is 0.781. The van der Waals surface area contributed by atoms with Gasteiger partial charge >= 0.3 is 0 Å². The van der Waals surface area contributed by atoms with Crippen molar-refractivity contribution in [3.63, 3.8) is 0 Å². The molecule has 30 heavy (non-hydrogen) atoms. The number of amides is 2. The Balaban J connectivity index is 1.48. The Morgan fingerprint density at radius 1 is 1.27 bits per heavy atom. The van der Waals surface area contributed by atoms with Crippen LogP contribution in [0.25, 0.3) is 11.3 Å². The number of rotatable bonds is 6. The maximum Gasteiger partial charge on any atom is 0.251 e. The molecule has 2 amide bonds. The van der Waals surface area contributed by atoms with E-state index in [0.29, 0.717) is 30.7 Å². The van der Waals surface area contributed by atoms with E-state index >= 15 is 0 Å². The molecule has 0 unspecified atom stereocenters. The molecule has 2 fully saturated rings. The lowest BCUT2D eigenvalue weighted by Crippen LogP contribution is -2.52. The second-order valence-corrected chi connectivity index (χ2v) is 8.18. The van der Waals surface area contributed by atoms with E-state index in [9.17, 15) is 14.4 Å². The van der Waals surface area contributed by atoms with E-state index in [4.69, 9.17) is 9.15 Å². The summed E-state index contributed by atoms with van der Waals surface area (Å²) in [7, 11) is 0. The lowest BCUT2D eigenvalue weighted by atomic mass is 10.0. The van der Waals surface area contributed by atoms with Crippen LogP contribution in [0.4, 0.5) is 0 Å². The van der Waals surface area contributed by atoms with E-state index in [1.165, 1.54) is 6.39 Å². The van der Waals surface area contributed by atoms with Gasteiger partial charge in [0, 0.05) is 17.7 Å². The van der Waals surface area contributed by atoms with E-state index in [1.807, 2.05) is 13.8 Å². The van der Waals surface area contributed by atoms with Gasteiger partial charge in [0.1, 0.15) is 18.7 Å². The molecular weight excluding hydrogens is 386 g/mol. The number of Topliss-reactive ketones (excluding diaryl/α,β-unsaturated/α-hetero) is 1. The highest BCUT2D eigenvalue weighted by Crippen LogP contribution is 2.28. The fourth-order valence-electron chi connectivity index (χ4n) is 4.12. The van der Waals surface area contributed by atoms with Crippen molar-refractivity contribution in [1.82, 2.24) is 15.2 Å². The van der Waals surface area contributed by atoms with Gasteiger partial charge in [-0.3, -0.25) is 14.4 Å². The Kier molecular flexibility index (Phi) is 5.67. The van der Waals surface area contributed by atoms with Crippen LogP contribution in [0.15, 0.2) is 41.3 Å². The van der Waals surface area contributed by atoms with E-state index < -0.39 is 12.1 Å². The first kappa shape index (κ1) is 20.3. The Morgan fingerprint density at radius 2 is 2.03 bits per heavy atom. The van der Waals surface area contributed by atoms with Crippen LogP contribution in [-0.2, 0) is 14.3 Å². The number of oxazole rings is 1. The topological polar surface area (TPSA) is 102 Å². The molecule has 1 aromatic heterocycles. The number of fused-ring (bicyclic) bond motifs is 1.